The second kappa shape index (κ2) is 11.1. The normalized spacial score (nSPS) is 18.1. The summed E-state index contributed by atoms with van der Waals surface area (Å²) in [6, 6.07) is 12.7. The summed E-state index contributed by atoms with van der Waals surface area (Å²) in [5.74, 6) is -1.20. The number of ketones is 1. The lowest BCUT2D eigenvalue weighted by Crippen LogP contribution is -2.42. The molecule has 10 heteroatoms. The van der Waals surface area contributed by atoms with Crippen LogP contribution in [0, 0.1) is 0 Å². The largest absolute Gasteiger partial charge is 0.493 e. The molecule has 3 heterocycles. The van der Waals surface area contributed by atoms with E-state index < -0.39 is 24.0 Å². The molecule has 3 aromatic rings. The van der Waals surface area contributed by atoms with Crippen molar-refractivity contribution in [3.63, 3.8) is 0 Å². The number of carbonyl (C=O) groups excluding carboxylic acids is 3. The van der Waals surface area contributed by atoms with Gasteiger partial charge in [0.2, 0.25) is 5.78 Å². The fourth-order valence-corrected chi connectivity index (χ4v) is 4.76. The zero-order valence-electron chi connectivity index (χ0n) is 21.1. The predicted molar refractivity (Wildman–Crippen MR) is 135 cm³/mol. The molecule has 198 valence electrons. The van der Waals surface area contributed by atoms with Crippen LogP contribution in [0.1, 0.15) is 41.7 Å². The number of nitrogens with zero attached hydrogens (tertiary/aromatic N) is 2. The van der Waals surface area contributed by atoms with Gasteiger partial charge in [-0.1, -0.05) is 17.3 Å². The van der Waals surface area contributed by atoms with E-state index >= 15 is 0 Å². The maximum atomic E-state index is 12.8. The fourth-order valence-electron chi connectivity index (χ4n) is 4.76. The van der Waals surface area contributed by atoms with Crippen molar-refractivity contribution in [2.45, 2.75) is 38.0 Å². The Balaban J connectivity index is 1.17. The zero-order valence-corrected chi connectivity index (χ0v) is 21.1. The molecule has 1 atom stereocenters. The maximum Gasteiger partial charge on any atom is 0.334 e. The van der Waals surface area contributed by atoms with E-state index in [4.69, 9.17) is 23.5 Å². The molecule has 1 fully saturated rings. The van der Waals surface area contributed by atoms with E-state index in [1.165, 1.54) is 19.2 Å². The Bertz CT molecular complexity index is 1350. The van der Waals surface area contributed by atoms with Crippen molar-refractivity contribution in [2.75, 3.05) is 26.8 Å². The summed E-state index contributed by atoms with van der Waals surface area (Å²) in [4.78, 5) is 38.4. The lowest BCUT2D eigenvalue weighted by atomic mass is 9.91. The zero-order chi connectivity index (χ0) is 26.6. The Morgan fingerprint density at radius 3 is 2.47 bits per heavy atom. The summed E-state index contributed by atoms with van der Waals surface area (Å²) in [7, 11) is 1.47. The summed E-state index contributed by atoms with van der Waals surface area (Å²) >= 11 is 0. The van der Waals surface area contributed by atoms with Gasteiger partial charge in [0.1, 0.15) is 6.61 Å². The number of likely N-dealkylation sites (tertiary alicyclic amines) is 1. The number of ether oxygens (including phenoxy) is 4. The number of cyclic esters (lactones) is 2. The van der Waals surface area contributed by atoms with Gasteiger partial charge in [-0.2, -0.15) is 0 Å². The van der Waals surface area contributed by atoms with Crippen LogP contribution >= 0.6 is 0 Å². The van der Waals surface area contributed by atoms with Gasteiger partial charge in [-0.05, 0) is 63.2 Å². The molecule has 0 aliphatic carbocycles. The molecule has 0 radical (unpaired) electrons. The first-order valence-electron chi connectivity index (χ1n) is 12.5. The second-order valence-corrected chi connectivity index (χ2v) is 9.30. The average molecular weight is 521 g/mol. The Morgan fingerprint density at radius 1 is 1.05 bits per heavy atom. The smallest absolute Gasteiger partial charge is 0.334 e. The van der Waals surface area contributed by atoms with Crippen molar-refractivity contribution >= 4 is 28.7 Å². The third-order valence-corrected chi connectivity index (χ3v) is 6.89. The van der Waals surface area contributed by atoms with Gasteiger partial charge in [0.25, 0.3) is 0 Å². The monoisotopic (exact) mass is 520 g/mol. The first kappa shape index (κ1) is 25.5. The lowest BCUT2D eigenvalue weighted by Gasteiger charge is -2.35. The van der Waals surface area contributed by atoms with E-state index in [2.05, 4.69) is 23.0 Å². The molecule has 2 aromatic carbocycles. The molecule has 0 N–H and O–H groups in total. The van der Waals surface area contributed by atoms with Crippen molar-refractivity contribution in [3.05, 3.63) is 65.9 Å². The van der Waals surface area contributed by atoms with Crippen LogP contribution in [-0.4, -0.2) is 66.9 Å². The number of carbonyl (C=O) groups is 3. The molecule has 0 spiro atoms. The molecule has 1 aromatic heterocycles. The summed E-state index contributed by atoms with van der Waals surface area (Å²) < 4.78 is 26.8. The van der Waals surface area contributed by atoms with Gasteiger partial charge >= 0.3 is 18.2 Å². The van der Waals surface area contributed by atoms with Gasteiger partial charge in [0, 0.05) is 35.1 Å². The van der Waals surface area contributed by atoms with E-state index in [1.807, 2.05) is 18.2 Å². The SMILES string of the molecule is COc1cc(C(=O)C2OC(=O)C=CC(=O)O2)ccc1OCC(C)N1CCC(c2noc3ccccc23)CC1. The number of para-hydroxylation sites is 1. The second-order valence-electron chi connectivity index (χ2n) is 9.30. The fraction of sp³-hybridized carbons (Fsp3) is 0.357. The summed E-state index contributed by atoms with van der Waals surface area (Å²) in [6.45, 7) is 4.35. The van der Waals surface area contributed by atoms with E-state index in [0.717, 1.165) is 54.7 Å². The quantitative estimate of drug-likeness (QED) is 0.322. The predicted octanol–water partition coefficient (Wildman–Crippen LogP) is 3.65. The molecule has 5 rings (SSSR count). The van der Waals surface area contributed by atoms with Gasteiger partial charge in [-0.15, -0.1) is 0 Å². The number of hydrogen-bond donors (Lipinski definition) is 0. The van der Waals surface area contributed by atoms with Crippen molar-refractivity contribution < 1.29 is 37.9 Å². The maximum absolute atomic E-state index is 12.8. The van der Waals surface area contributed by atoms with Crippen LogP contribution < -0.4 is 9.47 Å². The van der Waals surface area contributed by atoms with E-state index in [-0.39, 0.29) is 11.6 Å². The number of hydrogen-bond acceptors (Lipinski definition) is 10. The van der Waals surface area contributed by atoms with Gasteiger partial charge < -0.3 is 23.5 Å². The molecule has 10 nitrogen and oxygen atoms in total. The van der Waals surface area contributed by atoms with Crippen LogP contribution in [0.5, 0.6) is 11.5 Å². The minimum atomic E-state index is -1.67. The third kappa shape index (κ3) is 5.40. The average Bonchev–Trinajstić information content (AvgIpc) is 3.30. The third-order valence-electron chi connectivity index (χ3n) is 6.89. The highest BCUT2D eigenvalue weighted by molar-refractivity contribution is 6.03. The number of Topliss-reactive ketones (excluding diaryl/α,β-unsaturated/α-hetero) is 1. The van der Waals surface area contributed by atoms with E-state index in [0.29, 0.717) is 24.0 Å². The van der Waals surface area contributed by atoms with Crippen molar-refractivity contribution in [1.82, 2.24) is 10.1 Å². The first-order valence-corrected chi connectivity index (χ1v) is 12.5. The number of piperidine rings is 1. The first-order chi connectivity index (χ1) is 18.4. The number of fused-ring (bicyclic) bond motifs is 1. The van der Waals surface area contributed by atoms with Crippen molar-refractivity contribution in [3.8, 4) is 11.5 Å². The molecule has 2 aliphatic heterocycles. The molecule has 0 saturated carbocycles. The van der Waals surface area contributed by atoms with Crippen LogP contribution in [0.25, 0.3) is 11.0 Å². The minimum Gasteiger partial charge on any atom is -0.493 e. The molecule has 1 unspecified atom stereocenters. The Hall–Kier alpha value is -4.18. The molecule has 0 amide bonds. The van der Waals surface area contributed by atoms with Crippen LogP contribution in [-0.2, 0) is 19.1 Å². The van der Waals surface area contributed by atoms with Crippen LogP contribution in [0.15, 0.2) is 59.1 Å². The van der Waals surface area contributed by atoms with Crippen LogP contribution in [0.4, 0.5) is 0 Å². The summed E-state index contributed by atoms with van der Waals surface area (Å²) in [5, 5.41) is 5.42. The van der Waals surface area contributed by atoms with E-state index in [1.54, 1.807) is 6.07 Å². The number of rotatable bonds is 8. The highest BCUT2D eigenvalue weighted by Gasteiger charge is 2.30. The highest BCUT2D eigenvalue weighted by Crippen LogP contribution is 2.33. The standard InChI is InChI=1S/C28H28N2O8/c1-17(30-13-11-18(12-14-30)26-20-5-3-4-6-21(20)38-29-26)16-35-22-8-7-19(15-23(22)34-2)27(33)28-36-24(31)9-10-25(32)37-28/h3-10,15,17-18,28H,11-14,16H2,1-2H3. The molecule has 1 saturated heterocycles. The van der Waals surface area contributed by atoms with Gasteiger partial charge in [0.05, 0.1) is 12.8 Å². The molecule has 38 heavy (non-hydrogen) atoms. The van der Waals surface area contributed by atoms with Crippen molar-refractivity contribution in [2.24, 2.45) is 0 Å². The van der Waals surface area contributed by atoms with Crippen LogP contribution in [0.3, 0.4) is 0 Å². The Labute approximate surface area is 219 Å². The minimum absolute atomic E-state index is 0.147. The molecule has 0 bridgehead atoms. The summed E-state index contributed by atoms with van der Waals surface area (Å²) in [6.07, 6.45) is 2.11. The lowest BCUT2D eigenvalue weighted by molar-refractivity contribution is -0.169. The van der Waals surface area contributed by atoms with Gasteiger partial charge in [-0.3, -0.25) is 9.69 Å². The van der Waals surface area contributed by atoms with Crippen molar-refractivity contribution in [1.29, 1.82) is 0 Å². The molecular weight excluding hydrogens is 492 g/mol. The Morgan fingerprint density at radius 2 is 1.76 bits per heavy atom. The molecule has 2 aliphatic rings. The topological polar surface area (TPSA) is 117 Å². The summed E-state index contributed by atoms with van der Waals surface area (Å²) in [5.41, 5.74) is 2.01. The number of esters is 2. The van der Waals surface area contributed by atoms with Gasteiger partial charge in [-0.25, -0.2) is 9.59 Å². The number of methoxy groups -OCH3 is 1. The van der Waals surface area contributed by atoms with Crippen LogP contribution in [0.2, 0.25) is 0 Å². The highest BCUT2D eigenvalue weighted by atomic mass is 16.7. The van der Waals surface area contributed by atoms with Gasteiger partial charge in [0.15, 0.2) is 17.1 Å². The number of benzene rings is 2. The van der Waals surface area contributed by atoms with E-state index in [9.17, 15) is 14.4 Å². The number of aromatic nitrogens is 1. The Kier molecular flexibility index (Phi) is 7.41. The molecular formula is C28H28N2O8.